The van der Waals surface area contributed by atoms with Crippen molar-refractivity contribution in [2.24, 2.45) is 5.16 Å². The van der Waals surface area contributed by atoms with Crippen LogP contribution < -0.4 is 11.1 Å². The first-order chi connectivity index (χ1) is 18.7. The van der Waals surface area contributed by atoms with Crippen LogP contribution in [-0.4, -0.2) is 98.1 Å². The van der Waals surface area contributed by atoms with Gasteiger partial charge in [0.15, 0.2) is 15.9 Å². The smallest absolute Gasteiger partial charge is 0.352 e. The number of hydrogen-bond acceptors (Lipinski definition) is 14. The molecule has 5 N–H and O–H groups in total. The molecule has 0 radical (unpaired) electrons. The zero-order valence-corrected chi connectivity index (χ0v) is 21.9. The summed E-state index contributed by atoms with van der Waals surface area (Å²) in [5.74, 6) is -3.82. The SMILES string of the molecule is Nc1nc(/C(=N/OCC(=O)O)C(=O)N[C@@H]2C(=O)N3C(C(=O)O)=C(CSc4nnc5ccccn45)CS[C@@H]23)ns1. The summed E-state index contributed by atoms with van der Waals surface area (Å²) >= 11 is 3.35. The summed E-state index contributed by atoms with van der Waals surface area (Å²) in [5.41, 5.74) is 6.10. The number of rotatable bonds is 10. The molecule has 0 aromatic carbocycles. The molecule has 19 heteroatoms. The van der Waals surface area contributed by atoms with Crippen LogP contribution in [0.4, 0.5) is 5.13 Å². The van der Waals surface area contributed by atoms with E-state index in [9.17, 15) is 24.3 Å². The van der Waals surface area contributed by atoms with Gasteiger partial charge < -0.3 is 26.1 Å². The van der Waals surface area contributed by atoms with Gasteiger partial charge in [-0.15, -0.1) is 22.0 Å². The van der Waals surface area contributed by atoms with Crippen molar-refractivity contribution in [2.45, 2.75) is 16.6 Å². The number of aromatic nitrogens is 5. The van der Waals surface area contributed by atoms with E-state index in [0.717, 1.165) is 16.4 Å². The second kappa shape index (κ2) is 10.9. The molecule has 0 bridgehead atoms. The topological polar surface area (TPSA) is 228 Å². The Labute approximate surface area is 230 Å². The molecule has 1 fully saturated rings. The summed E-state index contributed by atoms with van der Waals surface area (Å²) in [5, 5.41) is 32.8. The number of thioether (sulfide) groups is 2. The van der Waals surface area contributed by atoms with Gasteiger partial charge in [-0.05, 0) is 17.7 Å². The average Bonchev–Trinajstić information content (AvgIpc) is 3.53. The van der Waals surface area contributed by atoms with Gasteiger partial charge >= 0.3 is 11.9 Å². The molecule has 2 atom stereocenters. The summed E-state index contributed by atoms with van der Waals surface area (Å²) in [6.45, 7) is -0.830. The van der Waals surface area contributed by atoms with Crippen LogP contribution in [0.5, 0.6) is 0 Å². The van der Waals surface area contributed by atoms with E-state index in [4.69, 9.17) is 10.8 Å². The maximum atomic E-state index is 13.0. The van der Waals surface area contributed by atoms with Gasteiger partial charge in [-0.3, -0.25) is 18.9 Å². The third-order valence-electron chi connectivity index (χ3n) is 5.41. The summed E-state index contributed by atoms with van der Waals surface area (Å²) in [6, 6.07) is 4.37. The second-order valence-corrected chi connectivity index (χ2v) is 10.7. The number of β-lactam (4-membered cyclic amide) rings is 1. The van der Waals surface area contributed by atoms with Gasteiger partial charge in [-0.25, -0.2) is 9.59 Å². The number of nitrogens with two attached hydrogens (primary N) is 1. The Morgan fingerprint density at radius 2 is 2.10 bits per heavy atom. The van der Waals surface area contributed by atoms with Crippen LogP contribution in [0.15, 0.2) is 46.0 Å². The number of pyridine rings is 1. The Balaban J connectivity index is 1.31. The molecule has 2 aliphatic rings. The number of carbonyl (C=O) groups excluding carboxylic acids is 2. The van der Waals surface area contributed by atoms with Crippen LogP contribution in [0.25, 0.3) is 5.65 Å². The zero-order valence-electron chi connectivity index (χ0n) is 19.5. The van der Waals surface area contributed by atoms with Crippen LogP contribution in [0.2, 0.25) is 0 Å². The van der Waals surface area contributed by atoms with Crippen molar-refractivity contribution in [3.63, 3.8) is 0 Å². The van der Waals surface area contributed by atoms with Crippen molar-refractivity contribution >= 4 is 75.3 Å². The van der Waals surface area contributed by atoms with Gasteiger partial charge in [0.05, 0.1) is 0 Å². The van der Waals surface area contributed by atoms with Crippen LogP contribution in [0, 0.1) is 0 Å². The standard InChI is InChI=1S/C20H17N9O7S3/c21-19-23-14(27-39-19)11(26-36-5-10(30)31)15(32)22-12-16(33)29-13(18(34)35)8(6-37-17(12)29)7-38-20-25-24-9-3-1-2-4-28(9)20/h1-4,12,17H,5-7H2,(H,22,32)(H,30,31)(H,34,35)(H2,21,23,27)/b26-11-/t12-,17+/m1/s1. The number of carboxylic acids is 2. The highest BCUT2D eigenvalue weighted by Gasteiger charge is 2.54. The van der Waals surface area contributed by atoms with E-state index in [1.54, 1.807) is 16.7 Å². The largest absolute Gasteiger partial charge is 0.479 e. The van der Waals surface area contributed by atoms with E-state index >= 15 is 0 Å². The fourth-order valence-electron chi connectivity index (χ4n) is 3.74. The van der Waals surface area contributed by atoms with Gasteiger partial charge in [0, 0.05) is 29.2 Å². The number of aliphatic carboxylic acids is 2. The molecule has 0 unspecified atom stereocenters. The maximum Gasteiger partial charge on any atom is 0.352 e. The van der Waals surface area contributed by atoms with E-state index in [1.165, 1.54) is 23.5 Å². The summed E-state index contributed by atoms with van der Waals surface area (Å²) in [7, 11) is 0. The molecular weight excluding hydrogens is 574 g/mol. The first-order valence-corrected chi connectivity index (χ1v) is 13.7. The molecule has 0 aliphatic carbocycles. The Kier molecular flexibility index (Phi) is 7.35. The summed E-state index contributed by atoms with van der Waals surface area (Å²) in [6.07, 6.45) is 1.79. The fraction of sp³-hybridized carbons (Fsp3) is 0.250. The monoisotopic (exact) mass is 591 g/mol. The molecular formula is C20H17N9O7S3. The highest BCUT2D eigenvalue weighted by atomic mass is 32.2. The molecule has 16 nitrogen and oxygen atoms in total. The van der Waals surface area contributed by atoms with Crippen LogP contribution in [0.1, 0.15) is 5.82 Å². The van der Waals surface area contributed by atoms with E-state index in [1.807, 2.05) is 12.1 Å². The average molecular weight is 592 g/mol. The number of nitrogen functional groups attached to an aromatic ring is 1. The highest BCUT2D eigenvalue weighted by Crippen LogP contribution is 2.41. The zero-order chi connectivity index (χ0) is 27.7. The lowest BCUT2D eigenvalue weighted by Gasteiger charge is -2.49. The number of amides is 2. The normalized spacial score (nSPS) is 19.0. The molecule has 3 aromatic heterocycles. The molecule has 3 aromatic rings. The van der Waals surface area contributed by atoms with Gasteiger partial charge in [-0.2, -0.15) is 9.36 Å². The number of anilines is 1. The number of carboxylic acid groups (broad SMARTS) is 2. The van der Waals surface area contributed by atoms with Gasteiger partial charge in [0.25, 0.3) is 11.8 Å². The van der Waals surface area contributed by atoms with Crippen molar-refractivity contribution in [1.82, 2.24) is 34.2 Å². The second-order valence-electron chi connectivity index (χ2n) is 7.88. The van der Waals surface area contributed by atoms with E-state index in [2.05, 4.69) is 34.9 Å². The first kappa shape index (κ1) is 26.4. The minimum Gasteiger partial charge on any atom is -0.479 e. The molecule has 5 heterocycles. The van der Waals surface area contributed by atoms with Crippen molar-refractivity contribution in [1.29, 1.82) is 0 Å². The van der Waals surface area contributed by atoms with E-state index in [-0.39, 0.29) is 22.4 Å². The Hall–Kier alpha value is -4.23. The van der Waals surface area contributed by atoms with Gasteiger partial charge in [0.1, 0.15) is 17.1 Å². The Morgan fingerprint density at radius 3 is 2.82 bits per heavy atom. The molecule has 0 spiro atoms. The number of nitrogens with one attached hydrogen (secondary N) is 1. The van der Waals surface area contributed by atoms with Crippen molar-refractivity contribution < 1.29 is 34.2 Å². The molecule has 5 rings (SSSR count). The van der Waals surface area contributed by atoms with Crippen LogP contribution in [0.3, 0.4) is 0 Å². The Morgan fingerprint density at radius 1 is 1.28 bits per heavy atom. The maximum absolute atomic E-state index is 13.0. The predicted octanol–water partition coefficient (Wildman–Crippen LogP) is -0.501. The quantitative estimate of drug-likeness (QED) is 0.101. The van der Waals surface area contributed by atoms with Crippen LogP contribution in [-0.2, 0) is 24.0 Å². The highest BCUT2D eigenvalue weighted by molar-refractivity contribution is 8.01. The number of carbonyl (C=O) groups is 4. The number of hydrogen-bond donors (Lipinski definition) is 4. The van der Waals surface area contributed by atoms with E-state index < -0.39 is 47.5 Å². The summed E-state index contributed by atoms with van der Waals surface area (Å²) < 4.78 is 5.65. The molecule has 39 heavy (non-hydrogen) atoms. The Bertz CT molecular complexity index is 1550. The minimum atomic E-state index is -1.33. The number of nitrogens with zero attached hydrogens (tertiary/aromatic N) is 7. The molecule has 2 amide bonds. The van der Waals surface area contributed by atoms with E-state index in [0.29, 0.717) is 22.1 Å². The van der Waals surface area contributed by atoms with Gasteiger partial charge in [-0.1, -0.05) is 23.0 Å². The van der Waals surface area contributed by atoms with Crippen molar-refractivity contribution in [3.05, 3.63) is 41.5 Å². The third-order valence-corrected chi connectivity index (χ3v) is 8.32. The molecule has 2 aliphatic heterocycles. The molecule has 0 saturated carbocycles. The summed E-state index contributed by atoms with van der Waals surface area (Å²) in [4.78, 5) is 58.6. The lowest BCUT2D eigenvalue weighted by molar-refractivity contribution is -0.150. The molecule has 1 saturated heterocycles. The van der Waals surface area contributed by atoms with Crippen LogP contribution >= 0.6 is 35.1 Å². The fourth-order valence-corrected chi connectivity index (χ4v) is 6.58. The van der Waals surface area contributed by atoms with Crippen molar-refractivity contribution in [3.8, 4) is 0 Å². The molecule has 202 valence electrons. The van der Waals surface area contributed by atoms with Gasteiger partial charge in [0.2, 0.25) is 18.1 Å². The number of oxime groups is 1. The predicted molar refractivity (Wildman–Crippen MR) is 138 cm³/mol. The minimum absolute atomic E-state index is 0.0261. The first-order valence-electron chi connectivity index (χ1n) is 10.9. The lowest BCUT2D eigenvalue weighted by atomic mass is 10.0. The number of fused-ring (bicyclic) bond motifs is 2. The lowest BCUT2D eigenvalue weighted by Crippen LogP contribution is -2.71. The van der Waals surface area contributed by atoms with Crippen molar-refractivity contribution in [2.75, 3.05) is 23.8 Å². The third kappa shape index (κ3) is 5.22.